The Hall–Kier alpha value is -1.81. The number of carbonyl (C=O) groups is 1. The van der Waals surface area contributed by atoms with Crippen molar-refractivity contribution in [1.29, 1.82) is 0 Å². The Bertz CT molecular complexity index is 514. The maximum absolute atomic E-state index is 10.7. The topological polar surface area (TPSA) is 79.1 Å². The Morgan fingerprint density at radius 3 is 2.94 bits per heavy atom. The van der Waals surface area contributed by atoms with Gasteiger partial charge in [0.05, 0.1) is 0 Å². The Kier molecular flexibility index (Phi) is 4.72. The van der Waals surface area contributed by atoms with Crippen LogP contribution >= 0.6 is 0 Å². The Labute approximate surface area is 100 Å². The molecule has 1 heterocycles. The van der Waals surface area contributed by atoms with E-state index in [0.29, 0.717) is 6.42 Å². The molecule has 0 bridgehead atoms. The van der Waals surface area contributed by atoms with Crippen LogP contribution in [0.25, 0.3) is 12.2 Å². The first-order valence-electron chi connectivity index (χ1n) is 5.57. The summed E-state index contributed by atoms with van der Waals surface area (Å²) in [6.07, 6.45) is 8.62. The summed E-state index contributed by atoms with van der Waals surface area (Å²) < 4.78 is 0. The second kappa shape index (κ2) is 6.06. The molecule has 0 fully saturated rings. The molecular weight excluding hydrogens is 216 g/mol. The van der Waals surface area contributed by atoms with Gasteiger partial charge in [0.25, 0.3) is 0 Å². The summed E-state index contributed by atoms with van der Waals surface area (Å²) in [7, 11) is 0. The number of carboxylic acid groups (broad SMARTS) is 1. The van der Waals surface area contributed by atoms with Crippen LogP contribution in [-0.2, 0) is 11.2 Å². The molecule has 1 rings (SSSR count). The summed E-state index contributed by atoms with van der Waals surface area (Å²) in [6, 6.07) is -0.878. The number of carboxylic acids is 1. The van der Waals surface area contributed by atoms with Crippen LogP contribution < -0.4 is 16.3 Å². The van der Waals surface area contributed by atoms with Crippen LogP contribution in [-0.4, -0.2) is 22.1 Å². The molecule has 0 saturated carbocycles. The predicted octanol–water partition coefficient (Wildman–Crippen LogP) is 0.126. The molecule has 4 nitrogen and oxygen atoms in total. The molecule has 4 heteroatoms. The van der Waals surface area contributed by atoms with Crippen molar-refractivity contribution in [3.8, 4) is 0 Å². The minimum atomic E-state index is -0.989. The zero-order chi connectivity index (χ0) is 12.8. The average Bonchev–Trinajstić information content (AvgIpc) is 2.63. The highest BCUT2D eigenvalue weighted by Crippen LogP contribution is 1.94. The number of nitrogens with two attached hydrogens (primary N) is 1. The molecule has 1 aromatic heterocycles. The molecular formula is C13H18N2O2. The number of H-pyrrole nitrogens is 1. The third-order valence-electron chi connectivity index (χ3n) is 2.49. The monoisotopic (exact) mass is 234 g/mol. The van der Waals surface area contributed by atoms with Crippen LogP contribution in [0.2, 0.25) is 0 Å². The summed E-state index contributed by atoms with van der Waals surface area (Å²) >= 11 is 0. The lowest BCUT2D eigenvalue weighted by atomic mass is 10.1. The SMILES string of the molecule is C=C/C=c1/c(CC(N)C(=O)O)c[nH]/c1=C/CC. The van der Waals surface area contributed by atoms with Gasteiger partial charge < -0.3 is 15.8 Å². The third-order valence-corrected chi connectivity index (χ3v) is 2.49. The number of hydrogen-bond acceptors (Lipinski definition) is 2. The van der Waals surface area contributed by atoms with Gasteiger partial charge in [-0.1, -0.05) is 31.7 Å². The van der Waals surface area contributed by atoms with E-state index in [1.54, 1.807) is 12.3 Å². The van der Waals surface area contributed by atoms with Gasteiger partial charge in [0.2, 0.25) is 0 Å². The Morgan fingerprint density at radius 2 is 2.41 bits per heavy atom. The van der Waals surface area contributed by atoms with Gasteiger partial charge in [-0.15, -0.1) is 0 Å². The molecule has 0 aliphatic carbocycles. The summed E-state index contributed by atoms with van der Waals surface area (Å²) in [4.78, 5) is 13.9. The summed E-state index contributed by atoms with van der Waals surface area (Å²) in [6.45, 7) is 5.70. The van der Waals surface area contributed by atoms with Gasteiger partial charge >= 0.3 is 5.97 Å². The highest BCUT2D eigenvalue weighted by Gasteiger charge is 2.13. The van der Waals surface area contributed by atoms with Crippen LogP contribution in [0.15, 0.2) is 18.9 Å². The number of aromatic amines is 1. The maximum atomic E-state index is 10.7. The van der Waals surface area contributed by atoms with Crippen LogP contribution in [0.4, 0.5) is 0 Å². The van der Waals surface area contributed by atoms with Crippen molar-refractivity contribution in [1.82, 2.24) is 4.98 Å². The van der Waals surface area contributed by atoms with Crippen LogP contribution in [0, 0.1) is 0 Å². The van der Waals surface area contributed by atoms with Crippen molar-refractivity contribution in [2.24, 2.45) is 5.73 Å². The van der Waals surface area contributed by atoms with Crippen LogP contribution in [0.5, 0.6) is 0 Å². The number of rotatable bonds is 5. The van der Waals surface area contributed by atoms with E-state index in [4.69, 9.17) is 10.8 Å². The Morgan fingerprint density at radius 1 is 1.71 bits per heavy atom. The number of hydrogen-bond donors (Lipinski definition) is 3. The first-order chi connectivity index (χ1) is 8.10. The van der Waals surface area contributed by atoms with Gasteiger partial charge in [-0.25, -0.2) is 0 Å². The van der Waals surface area contributed by atoms with E-state index in [-0.39, 0.29) is 0 Å². The van der Waals surface area contributed by atoms with Gasteiger partial charge in [0.1, 0.15) is 6.04 Å². The van der Waals surface area contributed by atoms with E-state index in [9.17, 15) is 4.79 Å². The molecule has 92 valence electrons. The molecule has 0 aromatic carbocycles. The first-order valence-corrected chi connectivity index (χ1v) is 5.57. The van der Waals surface area contributed by atoms with Crippen molar-refractivity contribution >= 4 is 18.1 Å². The fourth-order valence-electron chi connectivity index (χ4n) is 1.67. The summed E-state index contributed by atoms with van der Waals surface area (Å²) in [5, 5.41) is 10.8. The number of aromatic nitrogens is 1. The minimum Gasteiger partial charge on any atom is -0.480 e. The molecule has 0 radical (unpaired) electrons. The van der Waals surface area contributed by atoms with Crippen molar-refractivity contribution < 1.29 is 9.90 Å². The van der Waals surface area contributed by atoms with E-state index in [1.165, 1.54) is 0 Å². The smallest absolute Gasteiger partial charge is 0.320 e. The van der Waals surface area contributed by atoms with Crippen molar-refractivity contribution in [2.45, 2.75) is 25.8 Å². The fraction of sp³-hybridized carbons (Fsp3) is 0.308. The molecule has 1 aromatic rings. The predicted molar refractivity (Wildman–Crippen MR) is 68.8 cm³/mol. The second-order valence-electron chi connectivity index (χ2n) is 3.80. The molecule has 0 spiro atoms. The highest BCUT2D eigenvalue weighted by atomic mass is 16.4. The number of allylic oxidation sites excluding steroid dienone is 1. The normalized spacial score (nSPS) is 14.9. The zero-order valence-corrected chi connectivity index (χ0v) is 9.94. The average molecular weight is 234 g/mol. The standard InChI is InChI=1S/C13H18N2O2/c1-3-5-10-9(7-11(14)13(16)17)8-15-12(10)6-4-2/h3,5-6,8,11,15H,1,4,7,14H2,2H3,(H,16,17)/b10-5-,12-6+. The molecule has 4 N–H and O–H groups in total. The van der Waals surface area contributed by atoms with Gasteiger partial charge in [-0.3, -0.25) is 4.79 Å². The molecule has 17 heavy (non-hydrogen) atoms. The van der Waals surface area contributed by atoms with E-state index >= 15 is 0 Å². The third kappa shape index (κ3) is 3.32. The van der Waals surface area contributed by atoms with E-state index in [1.807, 2.05) is 19.1 Å². The first kappa shape index (κ1) is 13.3. The van der Waals surface area contributed by atoms with E-state index in [0.717, 1.165) is 22.6 Å². The molecule has 0 saturated heterocycles. The molecule has 0 aliphatic heterocycles. The fourth-order valence-corrected chi connectivity index (χ4v) is 1.67. The molecule has 1 unspecified atom stereocenters. The highest BCUT2D eigenvalue weighted by molar-refractivity contribution is 5.73. The maximum Gasteiger partial charge on any atom is 0.320 e. The van der Waals surface area contributed by atoms with Crippen molar-refractivity contribution in [3.05, 3.63) is 35.0 Å². The van der Waals surface area contributed by atoms with E-state index in [2.05, 4.69) is 11.6 Å². The second-order valence-corrected chi connectivity index (χ2v) is 3.80. The minimum absolute atomic E-state index is 0.309. The van der Waals surface area contributed by atoms with Crippen LogP contribution in [0.1, 0.15) is 18.9 Å². The lowest BCUT2D eigenvalue weighted by Crippen LogP contribution is -2.35. The van der Waals surface area contributed by atoms with Crippen molar-refractivity contribution in [3.63, 3.8) is 0 Å². The Balaban J connectivity index is 3.18. The molecule has 0 amide bonds. The van der Waals surface area contributed by atoms with Gasteiger partial charge in [-0.2, -0.15) is 0 Å². The summed E-state index contributed by atoms with van der Waals surface area (Å²) in [5.74, 6) is -0.989. The lowest BCUT2D eigenvalue weighted by Gasteiger charge is -2.03. The molecule has 0 aliphatic rings. The molecule has 1 atom stereocenters. The van der Waals surface area contributed by atoms with E-state index < -0.39 is 12.0 Å². The number of aliphatic carboxylic acids is 1. The lowest BCUT2D eigenvalue weighted by molar-refractivity contribution is -0.138. The summed E-state index contributed by atoms with van der Waals surface area (Å²) in [5.41, 5.74) is 6.44. The van der Waals surface area contributed by atoms with Gasteiger partial charge in [0, 0.05) is 23.2 Å². The van der Waals surface area contributed by atoms with Gasteiger partial charge in [-0.05, 0) is 12.0 Å². The largest absolute Gasteiger partial charge is 0.480 e. The zero-order valence-electron chi connectivity index (χ0n) is 9.94. The van der Waals surface area contributed by atoms with Gasteiger partial charge in [0.15, 0.2) is 0 Å². The van der Waals surface area contributed by atoms with Crippen LogP contribution in [0.3, 0.4) is 0 Å². The number of nitrogens with one attached hydrogen (secondary N) is 1. The quantitative estimate of drug-likeness (QED) is 0.677. The van der Waals surface area contributed by atoms with Crippen molar-refractivity contribution in [2.75, 3.05) is 0 Å².